The second kappa shape index (κ2) is 9.49. The molecule has 1 saturated carbocycles. The van der Waals surface area contributed by atoms with Crippen molar-refractivity contribution in [3.8, 4) is 11.1 Å². The number of hydrogen-bond donors (Lipinski definition) is 2. The summed E-state index contributed by atoms with van der Waals surface area (Å²) in [6, 6.07) is 15.8. The molecule has 2 aliphatic carbocycles. The standard InChI is InChI=1S/C27H30N2O5/c30-25(29-13-5-10-24(29)26(31)32)15-17-11-12-18(14-17)28-27(33)34-16-23-21-8-3-1-6-19(21)20-7-2-4-9-22(20)23/h1-4,6-9,17-18,23-24H,5,10-16H2,(H,28,33)(H,31,32)/t17-,18+,24-/m0/s1. The number of fused-ring (bicyclic) bond motifs is 3. The Hall–Kier alpha value is -3.35. The number of aliphatic carboxylic acids is 1. The van der Waals surface area contributed by atoms with Crippen LogP contribution in [0.15, 0.2) is 48.5 Å². The number of hydrogen-bond acceptors (Lipinski definition) is 4. The van der Waals surface area contributed by atoms with E-state index in [4.69, 9.17) is 4.74 Å². The molecule has 178 valence electrons. The fraction of sp³-hybridized carbons (Fsp3) is 0.444. The van der Waals surface area contributed by atoms with Crippen LogP contribution in [0.4, 0.5) is 4.79 Å². The summed E-state index contributed by atoms with van der Waals surface area (Å²) in [5.41, 5.74) is 4.74. The van der Waals surface area contributed by atoms with Gasteiger partial charge < -0.3 is 20.1 Å². The first-order chi connectivity index (χ1) is 16.5. The summed E-state index contributed by atoms with van der Waals surface area (Å²) >= 11 is 0. The number of carbonyl (C=O) groups is 3. The van der Waals surface area contributed by atoms with Crippen LogP contribution in [0.25, 0.3) is 11.1 Å². The Labute approximate surface area is 199 Å². The van der Waals surface area contributed by atoms with Crippen molar-refractivity contribution in [1.29, 1.82) is 0 Å². The maximum Gasteiger partial charge on any atom is 0.407 e. The van der Waals surface area contributed by atoms with E-state index < -0.39 is 18.1 Å². The lowest BCUT2D eigenvalue weighted by molar-refractivity contribution is -0.148. The van der Waals surface area contributed by atoms with Crippen molar-refractivity contribution in [2.24, 2.45) is 5.92 Å². The lowest BCUT2D eigenvalue weighted by atomic mass is 9.98. The maximum absolute atomic E-state index is 12.6. The Balaban J connectivity index is 1.12. The second-order valence-corrected chi connectivity index (χ2v) is 9.63. The van der Waals surface area contributed by atoms with Gasteiger partial charge in [-0.15, -0.1) is 0 Å². The molecule has 7 heteroatoms. The van der Waals surface area contributed by atoms with Gasteiger partial charge in [0.1, 0.15) is 12.6 Å². The molecule has 7 nitrogen and oxygen atoms in total. The minimum absolute atomic E-state index is 0.0229. The molecule has 0 bridgehead atoms. The fourth-order valence-electron chi connectivity index (χ4n) is 5.88. The molecular weight excluding hydrogens is 432 g/mol. The van der Waals surface area contributed by atoms with Crippen molar-refractivity contribution in [3.05, 3.63) is 59.7 Å². The van der Waals surface area contributed by atoms with Crippen molar-refractivity contribution in [1.82, 2.24) is 10.2 Å². The number of alkyl carbamates (subject to hydrolysis) is 1. The summed E-state index contributed by atoms with van der Waals surface area (Å²) in [6.07, 6.45) is 3.52. The Morgan fingerprint density at radius 1 is 0.971 bits per heavy atom. The average Bonchev–Trinajstić information content (AvgIpc) is 3.56. The number of carbonyl (C=O) groups excluding carboxylic acids is 2. The van der Waals surface area contributed by atoms with Gasteiger partial charge >= 0.3 is 12.1 Å². The van der Waals surface area contributed by atoms with Crippen LogP contribution in [0.5, 0.6) is 0 Å². The van der Waals surface area contributed by atoms with Gasteiger partial charge in [0.15, 0.2) is 0 Å². The van der Waals surface area contributed by atoms with E-state index in [0.29, 0.717) is 25.8 Å². The zero-order valence-electron chi connectivity index (χ0n) is 19.1. The SMILES string of the molecule is O=C(N[C@@H]1CC[C@H](CC(=O)N2CCC[C@H]2C(=O)O)C1)OCC1c2ccccc2-c2ccccc21. The highest BCUT2D eigenvalue weighted by Gasteiger charge is 2.36. The van der Waals surface area contributed by atoms with Gasteiger partial charge in [-0.05, 0) is 60.3 Å². The van der Waals surface area contributed by atoms with E-state index >= 15 is 0 Å². The van der Waals surface area contributed by atoms with Crippen LogP contribution in [-0.2, 0) is 14.3 Å². The maximum atomic E-state index is 12.6. The third kappa shape index (κ3) is 4.39. The normalized spacial score (nSPS) is 23.4. The third-order valence-corrected chi connectivity index (χ3v) is 7.53. The van der Waals surface area contributed by atoms with E-state index in [1.807, 2.05) is 24.3 Å². The van der Waals surface area contributed by atoms with Crippen LogP contribution < -0.4 is 5.32 Å². The van der Waals surface area contributed by atoms with Crippen molar-refractivity contribution in [2.45, 2.75) is 56.5 Å². The number of carboxylic acids is 1. The molecule has 5 rings (SSSR count). The Morgan fingerprint density at radius 3 is 2.32 bits per heavy atom. The number of benzene rings is 2. The predicted molar refractivity (Wildman–Crippen MR) is 126 cm³/mol. The van der Waals surface area contributed by atoms with Gasteiger partial charge in [-0.3, -0.25) is 4.79 Å². The first-order valence-electron chi connectivity index (χ1n) is 12.1. The Bertz CT molecular complexity index is 1050. The van der Waals surface area contributed by atoms with Crippen LogP contribution in [0, 0.1) is 5.92 Å². The largest absolute Gasteiger partial charge is 0.480 e. The van der Waals surface area contributed by atoms with Crippen LogP contribution >= 0.6 is 0 Å². The fourth-order valence-corrected chi connectivity index (χ4v) is 5.88. The smallest absolute Gasteiger partial charge is 0.407 e. The molecule has 1 aliphatic heterocycles. The van der Waals surface area contributed by atoms with Gasteiger partial charge in [0.05, 0.1) is 0 Å². The Kier molecular flexibility index (Phi) is 6.26. The van der Waals surface area contributed by atoms with Gasteiger partial charge in [0.2, 0.25) is 5.91 Å². The van der Waals surface area contributed by atoms with Gasteiger partial charge in [-0.1, -0.05) is 48.5 Å². The van der Waals surface area contributed by atoms with Crippen LogP contribution in [-0.4, -0.2) is 53.2 Å². The van der Waals surface area contributed by atoms with E-state index in [2.05, 4.69) is 29.6 Å². The minimum atomic E-state index is -0.924. The number of amides is 2. The van der Waals surface area contributed by atoms with E-state index in [9.17, 15) is 19.5 Å². The van der Waals surface area contributed by atoms with E-state index in [1.54, 1.807) is 0 Å². The molecule has 0 aromatic heterocycles. The first kappa shape index (κ1) is 22.4. The summed E-state index contributed by atoms with van der Waals surface area (Å²) in [4.78, 5) is 38.1. The molecule has 2 N–H and O–H groups in total. The number of carboxylic acid groups (broad SMARTS) is 1. The molecule has 2 aromatic carbocycles. The highest BCUT2D eigenvalue weighted by Crippen LogP contribution is 2.44. The Morgan fingerprint density at radius 2 is 1.65 bits per heavy atom. The predicted octanol–water partition coefficient (Wildman–Crippen LogP) is 4.16. The number of nitrogens with zero attached hydrogens (tertiary/aromatic N) is 1. The molecule has 2 amide bonds. The third-order valence-electron chi connectivity index (χ3n) is 7.53. The number of ether oxygens (including phenoxy) is 1. The number of nitrogens with one attached hydrogen (secondary N) is 1. The molecule has 2 aromatic rings. The molecule has 34 heavy (non-hydrogen) atoms. The van der Waals surface area contributed by atoms with E-state index in [0.717, 1.165) is 19.3 Å². The molecule has 1 saturated heterocycles. The highest BCUT2D eigenvalue weighted by molar-refractivity contribution is 5.84. The summed E-state index contributed by atoms with van der Waals surface area (Å²) in [5, 5.41) is 12.3. The van der Waals surface area contributed by atoms with Crippen molar-refractivity contribution < 1.29 is 24.2 Å². The minimum Gasteiger partial charge on any atom is -0.480 e. The van der Waals surface area contributed by atoms with Crippen molar-refractivity contribution in [3.63, 3.8) is 0 Å². The lowest BCUT2D eigenvalue weighted by Gasteiger charge is -2.23. The van der Waals surface area contributed by atoms with Crippen molar-refractivity contribution in [2.75, 3.05) is 13.2 Å². The second-order valence-electron chi connectivity index (χ2n) is 9.63. The average molecular weight is 463 g/mol. The van der Waals surface area contributed by atoms with Crippen molar-refractivity contribution >= 4 is 18.0 Å². The van der Waals surface area contributed by atoms with E-state index in [1.165, 1.54) is 27.2 Å². The zero-order chi connectivity index (χ0) is 23.7. The highest BCUT2D eigenvalue weighted by atomic mass is 16.5. The van der Waals surface area contributed by atoms with Crippen LogP contribution in [0.3, 0.4) is 0 Å². The molecular formula is C27H30N2O5. The summed E-state index contributed by atoms with van der Waals surface area (Å²) in [6.45, 7) is 0.796. The molecule has 3 aliphatic rings. The van der Waals surface area contributed by atoms with Crippen LogP contribution in [0.1, 0.15) is 55.6 Å². The van der Waals surface area contributed by atoms with Gasteiger partial charge in [-0.25, -0.2) is 9.59 Å². The summed E-state index contributed by atoms with van der Waals surface area (Å²) < 4.78 is 5.65. The topological polar surface area (TPSA) is 95.9 Å². The molecule has 3 atom stereocenters. The number of likely N-dealkylation sites (tertiary alicyclic amines) is 1. The zero-order valence-corrected chi connectivity index (χ0v) is 19.1. The molecule has 0 unspecified atom stereocenters. The summed E-state index contributed by atoms with van der Waals surface area (Å²) in [5.74, 6) is -0.833. The lowest BCUT2D eigenvalue weighted by Crippen LogP contribution is -2.41. The van der Waals surface area contributed by atoms with Gasteiger partial charge in [0.25, 0.3) is 0 Å². The van der Waals surface area contributed by atoms with E-state index in [-0.39, 0.29) is 30.4 Å². The monoisotopic (exact) mass is 462 g/mol. The number of rotatable bonds is 6. The molecule has 2 fully saturated rings. The van der Waals surface area contributed by atoms with Gasteiger partial charge in [0, 0.05) is 24.9 Å². The molecule has 0 radical (unpaired) electrons. The first-order valence-corrected chi connectivity index (χ1v) is 12.1. The van der Waals surface area contributed by atoms with Gasteiger partial charge in [-0.2, -0.15) is 0 Å². The molecule has 1 heterocycles. The molecule has 0 spiro atoms. The summed E-state index contributed by atoms with van der Waals surface area (Å²) in [7, 11) is 0. The van der Waals surface area contributed by atoms with Crippen LogP contribution in [0.2, 0.25) is 0 Å². The quantitative estimate of drug-likeness (QED) is 0.672.